The summed E-state index contributed by atoms with van der Waals surface area (Å²) in [5.41, 5.74) is 49.0. The fraction of sp³-hybridized carbons (Fsp3) is 0.747. The molecule has 127 heavy (non-hydrogen) atoms. The second-order valence-corrected chi connectivity index (χ2v) is 51.8. The van der Waals surface area contributed by atoms with Crippen LogP contribution in [-0.4, -0.2) is 187 Å². The van der Waals surface area contributed by atoms with Crippen LogP contribution < -0.4 is 45.9 Å². The van der Waals surface area contributed by atoms with Gasteiger partial charge in [-0.25, -0.2) is 0 Å². The third kappa shape index (κ3) is 36.0. The lowest BCUT2D eigenvalue weighted by Crippen LogP contribution is -2.54. The van der Waals surface area contributed by atoms with Crippen molar-refractivity contribution in [2.24, 2.45) is 163 Å². The van der Waals surface area contributed by atoms with Crippen LogP contribution >= 0.6 is 0 Å². The standard InChI is InChI=1S/4C13H23NO3S.C10H13NO3S.C10H15NO3S.C9H13NO3S.C6H13NO3S/c14-7-12(8-18(15,16)17)13-4-9-1-10(5-13)3-11(2-9)6-13;14-6-12(7-18(15,16)17)13-10-2-8-1-9(4-10)5-11(13)3-8;14-12(1-2-18(15,16)17)13-6-9-3-10(7-13)5-11(4-9)8-13;14-12(1-2-18(15,16)17)13-10-4-8-3-9(6-10)7-11(13)5-8;11-10(6-7-15(12,13)14)8-9-4-2-1-3-5-9;11-7-6-10(15(12,13)14)8-9-4-2-1-3-5-9;10-9(6-7-14(11,12)13)8-4-2-1-3-5-8;1-2-3-6(4-5-7)11(8,9)10/h9-12H,1-8,14H2,(H,15,16,17);8-13H,1-7,14H2,(H,15,16,17);9-12H,1-8,14H2,(H,15,16,17);8-13H,1-7,14H2,(H,15,16,17);1-7,10H,8,11H2,(H,12,13,14);1-5,10H,6-8,11H2,(H,12,13,14);1-5,9H,6-7,10H2,(H,11,12,13);2,6H,1,3-5,7H2,(H,8,9,10)/b;;;;7-6+;;;/t;;;;10-;;;/m....1.../s1. The van der Waals surface area contributed by atoms with Gasteiger partial charge >= 0.3 is 0 Å². The second-order valence-electron chi connectivity index (χ2n) is 39.4. The molecular weight excluding hydrogens is 1800 g/mol. The number of hydrogen-bond donors (Lipinski definition) is 16. The molecule has 16 bridgehead atoms. The van der Waals surface area contributed by atoms with Crippen LogP contribution in [0.2, 0.25) is 0 Å². The van der Waals surface area contributed by atoms with Gasteiger partial charge in [0.05, 0.1) is 44.7 Å². The minimum atomic E-state index is -4.07. The van der Waals surface area contributed by atoms with Crippen molar-refractivity contribution < 1.29 is 104 Å². The molecule has 0 aliphatic heterocycles. The predicted molar refractivity (Wildman–Crippen MR) is 494 cm³/mol. The maximum atomic E-state index is 11.2. The monoisotopic (exact) mass is 1940 g/mol. The highest BCUT2D eigenvalue weighted by atomic mass is 32.2. The number of allylic oxidation sites excluding steroid dienone is 1. The lowest BCUT2D eigenvalue weighted by Gasteiger charge is -2.59. The first-order chi connectivity index (χ1) is 59.2. The molecule has 0 radical (unpaired) electrons. The van der Waals surface area contributed by atoms with Gasteiger partial charge < -0.3 is 45.9 Å². The van der Waals surface area contributed by atoms with Crippen molar-refractivity contribution in [3.63, 3.8) is 0 Å². The Labute approximate surface area is 756 Å². The van der Waals surface area contributed by atoms with E-state index in [0.29, 0.717) is 67.9 Å². The lowest BCUT2D eigenvalue weighted by molar-refractivity contribution is -0.0803. The summed E-state index contributed by atoms with van der Waals surface area (Å²) >= 11 is 0. The molecule has 16 aliphatic carbocycles. The molecule has 3 aromatic rings. The third-order valence-corrected chi connectivity index (χ3v) is 36.5. The summed E-state index contributed by atoms with van der Waals surface area (Å²) in [6, 6.07) is 26.9. The van der Waals surface area contributed by atoms with E-state index in [9.17, 15) is 67.3 Å². The molecule has 16 fully saturated rings. The first-order valence-corrected chi connectivity index (χ1v) is 57.6. The summed E-state index contributed by atoms with van der Waals surface area (Å²) in [5.74, 6) is 11.1. The van der Waals surface area contributed by atoms with Crippen molar-refractivity contribution in [3.8, 4) is 0 Å². The molecule has 726 valence electrons. The highest BCUT2D eigenvalue weighted by Gasteiger charge is 2.57. The summed E-state index contributed by atoms with van der Waals surface area (Å²) in [4.78, 5) is 0. The van der Waals surface area contributed by atoms with E-state index in [-0.39, 0.29) is 108 Å². The van der Waals surface area contributed by atoms with Gasteiger partial charge in [0.15, 0.2) is 0 Å². The molecule has 32 nitrogen and oxygen atoms in total. The van der Waals surface area contributed by atoms with Crippen molar-refractivity contribution in [3.05, 3.63) is 132 Å². The van der Waals surface area contributed by atoms with Crippen LogP contribution in [-0.2, 0) is 93.8 Å². The number of hydrogen-bond acceptors (Lipinski definition) is 24. The van der Waals surface area contributed by atoms with Gasteiger partial charge in [-0.2, -0.15) is 67.3 Å². The zero-order valence-electron chi connectivity index (χ0n) is 73.0. The van der Waals surface area contributed by atoms with Crippen molar-refractivity contribution >= 4 is 80.9 Å². The van der Waals surface area contributed by atoms with E-state index in [4.69, 9.17) is 82.3 Å². The molecule has 7 unspecified atom stereocenters. The van der Waals surface area contributed by atoms with Gasteiger partial charge in [0.1, 0.15) is 0 Å². The maximum absolute atomic E-state index is 11.2. The highest BCUT2D eigenvalue weighted by molar-refractivity contribution is 7.89. The fourth-order valence-corrected chi connectivity index (χ4v) is 31.2. The zero-order chi connectivity index (χ0) is 93.9. The van der Waals surface area contributed by atoms with Gasteiger partial charge in [-0.1, -0.05) is 103 Å². The summed E-state index contributed by atoms with van der Waals surface area (Å²) in [6.45, 7) is 4.64. The molecule has 3 aromatic carbocycles. The topological polar surface area (TPSA) is 643 Å². The van der Waals surface area contributed by atoms with Crippen LogP contribution in [0.5, 0.6) is 0 Å². The molecule has 24 N–H and O–H groups in total. The Hall–Kier alpha value is -3.90. The van der Waals surface area contributed by atoms with Crippen molar-refractivity contribution in [1.29, 1.82) is 0 Å². The fourth-order valence-electron chi connectivity index (χ4n) is 25.6. The molecular formula is C87H146N8O24S8. The van der Waals surface area contributed by atoms with Gasteiger partial charge in [-0.15, -0.1) is 6.58 Å². The zero-order valence-corrected chi connectivity index (χ0v) is 79.6. The smallest absolute Gasteiger partial charge is 0.287 e. The largest absolute Gasteiger partial charge is 0.330 e. The third-order valence-electron chi connectivity index (χ3n) is 29.6. The molecule has 16 aliphatic rings. The average molecular weight is 1940 g/mol. The highest BCUT2D eigenvalue weighted by Crippen LogP contribution is 2.64. The molecule has 8 atom stereocenters. The summed E-state index contributed by atoms with van der Waals surface area (Å²) in [5, 5.41) is -0.879. The van der Waals surface area contributed by atoms with Crippen LogP contribution in [0, 0.1) is 117 Å². The van der Waals surface area contributed by atoms with Crippen LogP contribution in [0.1, 0.15) is 203 Å². The van der Waals surface area contributed by atoms with E-state index in [1.807, 2.05) is 91.0 Å². The van der Waals surface area contributed by atoms with E-state index >= 15 is 0 Å². The Morgan fingerprint density at radius 2 is 0.724 bits per heavy atom. The van der Waals surface area contributed by atoms with Crippen molar-refractivity contribution in [1.82, 2.24) is 0 Å². The Kier molecular flexibility index (Phi) is 40.6. The minimum absolute atomic E-state index is 0.0463. The minimum Gasteiger partial charge on any atom is -0.330 e. The van der Waals surface area contributed by atoms with E-state index in [1.54, 1.807) is 0 Å². The molecule has 0 aromatic heterocycles. The van der Waals surface area contributed by atoms with Crippen LogP contribution in [0.25, 0.3) is 0 Å². The van der Waals surface area contributed by atoms with E-state index in [1.165, 1.54) is 134 Å². The average Bonchev–Trinajstić information content (AvgIpc) is 0.743. The van der Waals surface area contributed by atoms with E-state index in [2.05, 4.69) is 6.58 Å². The Morgan fingerprint density at radius 3 is 1.07 bits per heavy atom. The van der Waals surface area contributed by atoms with Crippen LogP contribution in [0.4, 0.5) is 0 Å². The van der Waals surface area contributed by atoms with Gasteiger partial charge in [-0.05, 0) is 353 Å². The van der Waals surface area contributed by atoms with Gasteiger partial charge in [0, 0.05) is 24.2 Å². The SMILES string of the molecule is C=CCC(CCN)S(=O)(=O)O.NC(CCS(=O)(=O)O)C12CC3CC(CC(C3)C1)C2.NC(CCS(=O)(=O)O)C1C2CC3CC(C2)CC1C3.NC(CCS(=O)(=O)O)c1ccccc1.NCC(CS(=O)(=O)O)C12CC3CC(CC(C3)C1)C2.NCC(CS(=O)(=O)O)C1C2CC3CC(C2)CC1C3.NCCC(Cc1ccccc1)S(=O)(=O)O.N[C@H](/C=C/S(=O)(=O)O)Cc1ccccc1. The Bertz CT molecular complexity index is 4810. The van der Waals surface area contributed by atoms with Gasteiger partial charge in [0.25, 0.3) is 80.9 Å². The quantitative estimate of drug-likeness (QED) is 0.0195. The lowest BCUT2D eigenvalue weighted by atomic mass is 9.46. The molecule has 40 heteroatoms. The molecule has 0 amide bonds. The summed E-state index contributed by atoms with van der Waals surface area (Å²) < 4.78 is 243. The van der Waals surface area contributed by atoms with Crippen molar-refractivity contribution in [2.45, 2.75) is 227 Å². The first kappa shape index (κ1) is 108. The Morgan fingerprint density at radius 1 is 0.378 bits per heavy atom. The number of rotatable bonds is 34. The van der Waals surface area contributed by atoms with Crippen LogP contribution in [0.3, 0.4) is 0 Å². The molecule has 0 heterocycles. The second kappa shape index (κ2) is 47.5. The first-order valence-electron chi connectivity index (χ1n) is 45.1. The van der Waals surface area contributed by atoms with Gasteiger partial charge in [0.2, 0.25) is 0 Å². The maximum Gasteiger partial charge on any atom is 0.287 e. The molecule has 0 spiro atoms. The van der Waals surface area contributed by atoms with Crippen LogP contribution in [0.15, 0.2) is 115 Å². The molecule has 16 saturated carbocycles. The normalized spacial score (nSPS) is 31.1. The van der Waals surface area contributed by atoms with E-state index < -0.39 is 97.5 Å². The number of benzene rings is 3. The summed E-state index contributed by atoms with van der Waals surface area (Å²) in [6.07, 6.45) is 33.5. The Balaban J connectivity index is 0.000000180. The number of nitrogens with two attached hydrogens (primary N) is 8. The van der Waals surface area contributed by atoms with Gasteiger partial charge in [-0.3, -0.25) is 36.4 Å². The summed E-state index contributed by atoms with van der Waals surface area (Å²) in [7, 11) is -31.5. The molecule has 19 rings (SSSR count). The predicted octanol–water partition coefficient (Wildman–Crippen LogP) is 9.58. The van der Waals surface area contributed by atoms with Crippen molar-refractivity contribution in [2.75, 3.05) is 54.9 Å². The van der Waals surface area contributed by atoms with E-state index in [0.717, 1.165) is 107 Å². The molecule has 0 saturated heterocycles.